The molecule has 8 heteroatoms. The predicted octanol–water partition coefficient (Wildman–Crippen LogP) is 0.747. The van der Waals surface area contributed by atoms with Crippen LogP contribution in [0.3, 0.4) is 0 Å². The third-order valence-corrected chi connectivity index (χ3v) is 5.85. The Kier molecular flexibility index (Phi) is 6.42. The van der Waals surface area contributed by atoms with Crippen LogP contribution in [-0.4, -0.2) is 77.5 Å². The molecule has 4 atom stereocenters. The molecule has 2 N–H and O–H groups in total. The van der Waals surface area contributed by atoms with Crippen molar-refractivity contribution in [2.75, 3.05) is 26.3 Å². The first-order valence-corrected chi connectivity index (χ1v) is 10.5. The second-order valence-corrected chi connectivity index (χ2v) is 8.28. The molecule has 158 valence electrons. The maximum atomic E-state index is 13.1. The summed E-state index contributed by atoms with van der Waals surface area (Å²) < 4.78 is 11.8. The van der Waals surface area contributed by atoms with Crippen molar-refractivity contribution in [3.63, 3.8) is 0 Å². The summed E-state index contributed by atoms with van der Waals surface area (Å²) in [4.78, 5) is 31.0. The average Bonchev–Trinajstić information content (AvgIpc) is 3.54. The molecule has 29 heavy (non-hydrogen) atoms. The lowest BCUT2D eigenvalue weighted by Gasteiger charge is -2.44. The van der Waals surface area contributed by atoms with E-state index in [0.717, 1.165) is 6.54 Å². The highest BCUT2D eigenvalue weighted by Crippen LogP contribution is 2.29. The highest BCUT2D eigenvalue weighted by Gasteiger charge is 2.40. The zero-order chi connectivity index (χ0) is 20.2. The molecule has 4 rings (SSSR count). The number of hydrogen-bond acceptors (Lipinski definition) is 6. The number of nitrogens with zero attached hydrogens (tertiary/aromatic N) is 2. The Labute approximate surface area is 170 Å². The number of β-amino-alcohol motifs (C(OH)–C–C–N with tert-alkyl or cyclic N) is 1. The van der Waals surface area contributed by atoms with Crippen LogP contribution >= 0.6 is 0 Å². The summed E-state index contributed by atoms with van der Waals surface area (Å²) in [5.41, 5.74) is 0.488. The quantitative estimate of drug-likeness (QED) is 0.752. The number of carbonyl (C=O) groups excluding carboxylic acids is 2. The lowest BCUT2D eigenvalue weighted by atomic mass is 9.94. The van der Waals surface area contributed by atoms with Crippen LogP contribution < -0.4 is 5.32 Å². The van der Waals surface area contributed by atoms with E-state index in [4.69, 9.17) is 9.47 Å². The van der Waals surface area contributed by atoms with Gasteiger partial charge in [0.2, 0.25) is 5.91 Å². The number of amides is 2. The van der Waals surface area contributed by atoms with Gasteiger partial charge in [-0.05, 0) is 43.7 Å². The molecule has 2 amide bonds. The topological polar surface area (TPSA) is 101 Å². The number of aliphatic hydroxyl groups is 1. The van der Waals surface area contributed by atoms with Crippen LogP contribution in [0.25, 0.3) is 0 Å². The number of aromatic nitrogens is 1. The van der Waals surface area contributed by atoms with Crippen LogP contribution in [0.15, 0.2) is 24.5 Å². The molecule has 1 aromatic heterocycles. The first-order valence-electron chi connectivity index (χ1n) is 10.5. The van der Waals surface area contributed by atoms with Crippen LogP contribution in [-0.2, 0) is 14.3 Å². The number of nitrogens with one attached hydrogen (secondary N) is 1. The maximum Gasteiger partial charge on any atom is 0.255 e. The summed E-state index contributed by atoms with van der Waals surface area (Å²) >= 11 is 0. The molecule has 1 aromatic rings. The fraction of sp³-hybridized carbons (Fsp3) is 0.667. The second-order valence-electron chi connectivity index (χ2n) is 8.28. The van der Waals surface area contributed by atoms with Crippen molar-refractivity contribution >= 4 is 11.8 Å². The zero-order valence-electron chi connectivity index (χ0n) is 16.5. The lowest BCUT2D eigenvalue weighted by molar-refractivity contribution is -0.150. The fourth-order valence-corrected chi connectivity index (χ4v) is 4.09. The van der Waals surface area contributed by atoms with Crippen LogP contribution in [0.2, 0.25) is 0 Å². The fourth-order valence-electron chi connectivity index (χ4n) is 4.09. The summed E-state index contributed by atoms with van der Waals surface area (Å²) in [5, 5.41) is 13.2. The van der Waals surface area contributed by atoms with E-state index in [0.29, 0.717) is 37.4 Å². The van der Waals surface area contributed by atoms with E-state index in [1.54, 1.807) is 23.2 Å². The van der Waals surface area contributed by atoms with Gasteiger partial charge in [-0.3, -0.25) is 14.6 Å². The van der Waals surface area contributed by atoms with Gasteiger partial charge in [0.05, 0.1) is 43.4 Å². The Morgan fingerprint density at radius 2 is 2.10 bits per heavy atom. The monoisotopic (exact) mass is 403 g/mol. The molecule has 0 bridgehead atoms. The van der Waals surface area contributed by atoms with E-state index >= 15 is 0 Å². The van der Waals surface area contributed by atoms with Gasteiger partial charge >= 0.3 is 0 Å². The molecule has 0 unspecified atom stereocenters. The van der Waals surface area contributed by atoms with E-state index in [2.05, 4.69) is 10.3 Å². The number of fused-ring (bicyclic) bond motifs is 1. The molecular weight excluding hydrogens is 374 g/mol. The van der Waals surface area contributed by atoms with Crippen molar-refractivity contribution in [2.45, 2.75) is 56.5 Å². The van der Waals surface area contributed by atoms with Gasteiger partial charge in [0, 0.05) is 25.5 Å². The predicted molar refractivity (Wildman–Crippen MR) is 104 cm³/mol. The number of pyridine rings is 1. The molecule has 0 spiro atoms. The van der Waals surface area contributed by atoms with Crippen LogP contribution in [0.5, 0.6) is 0 Å². The first-order chi connectivity index (χ1) is 14.1. The van der Waals surface area contributed by atoms with Crippen LogP contribution in [0, 0.1) is 5.92 Å². The minimum absolute atomic E-state index is 0.0193. The third kappa shape index (κ3) is 5.32. The molecule has 1 aliphatic carbocycles. The zero-order valence-corrected chi connectivity index (χ0v) is 16.5. The highest BCUT2D eigenvalue weighted by atomic mass is 16.5. The number of rotatable bonds is 5. The van der Waals surface area contributed by atoms with Gasteiger partial charge in [0.15, 0.2) is 0 Å². The average molecular weight is 403 g/mol. The minimum Gasteiger partial charge on any atom is -0.389 e. The smallest absolute Gasteiger partial charge is 0.255 e. The normalized spacial score (nSPS) is 30.0. The van der Waals surface area contributed by atoms with E-state index in [1.165, 1.54) is 19.0 Å². The number of ether oxygens (including phenoxy) is 2. The molecule has 3 aliphatic rings. The van der Waals surface area contributed by atoms with Gasteiger partial charge in [0.1, 0.15) is 6.10 Å². The molecule has 0 aromatic carbocycles. The van der Waals surface area contributed by atoms with Gasteiger partial charge in [-0.2, -0.15) is 0 Å². The Hall–Kier alpha value is -2.03. The molecule has 2 saturated heterocycles. The van der Waals surface area contributed by atoms with Gasteiger partial charge in [-0.25, -0.2) is 0 Å². The molecular formula is C21H29N3O5. The Bertz CT molecular complexity index is 712. The summed E-state index contributed by atoms with van der Waals surface area (Å²) in [7, 11) is 0. The van der Waals surface area contributed by atoms with Gasteiger partial charge in [-0.1, -0.05) is 0 Å². The Morgan fingerprint density at radius 1 is 1.24 bits per heavy atom. The van der Waals surface area contributed by atoms with E-state index in [1.807, 2.05) is 0 Å². The molecule has 3 heterocycles. The largest absolute Gasteiger partial charge is 0.389 e. The summed E-state index contributed by atoms with van der Waals surface area (Å²) in [5.74, 6) is 0.497. The minimum atomic E-state index is -0.748. The lowest BCUT2D eigenvalue weighted by Crippen LogP contribution is -2.57. The SMILES string of the molecule is O=C(C[C@@H]1CC[C@@H]2[C@H](COC[C@H](O)CN2C(=O)c2cccnc2)O1)NCC1CC1. The summed E-state index contributed by atoms with van der Waals surface area (Å²) in [6, 6.07) is 3.24. The summed E-state index contributed by atoms with van der Waals surface area (Å²) in [6.07, 6.45) is 6.03. The van der Waals surface area contributed by atoms with Crippen molar-refractivity contribution in [2.24, 2.45) is 5.92 Å². The van der Waals surface area contributed by atoms with E-state index in [-0.39, 0.29) is 43.2 Å². The van der Waals surface area contributed by atoms with Crippen LogP contribution in [0.4, 0.5) is 0 Å². The van der Waals surface area contributed by atoms with Gasteiger partial charge in [-0.15, -0.1) is 0 Å². The Morgan fingerprint density at radius 3 is 2.86 bits per heavy atom. The van der Waals surface area contributed by atoms with Crippen LogP contribution in [0.1, 0.15) is 42.5 Å². The highest BCUT2D eigenvalue weighted by molar-refractivity contribution is 5.94. The van der Waals surface area contributed by atoms with E-state index < -0.39 is 6.10 Å². The van der Waals surface area contributed by atoms with E-state index in [9.17, 15) is 14.7 Å². The van der Waals surface area contributed by atoms with Gasteiger partial charge in [0.25, 0.3) is 5.91 Å². The molecule has 8 nitrogen and oxygen atoms in total. The number of carbonyl (C=O) groups is 2. The second kappa shape index (κ2) is 9.19. The van der Waals surface area contributed by atoms with Gasteiger partial charge < -0.3 is 24.8 Å². The van der Waals surface area contributed by atoms with Crippen molar-refractivity contribution in [1.82, 2.24) is 15.2 Å². The van der Waals surface area contributed by atoms with Crippen molar-refractivity contribution in [3.05, 3.63) is 30.1 Å². The molecule has 2 aliphatic heterocycles. The molecule has 3 fully saturated rings. The third-order valence-electron chi connectivity index (χ3n) is 5.85. The Balaban J connectivity index is 1.41. The summed E-state index contributed by atoms with van der Waals surface area (Å²) in [6.45, 7) is 1.38. The van der Waals surface area contributed by atoms with Crippen molar-refractivity contribution in [1.29, 1.82) is 0 Å². The molecule has 1 saturated carbocycles. The molecule has 0 radical (unpaired) electrons. The number of hydrogen-bond donors (Lipinski definition) is 2. The van der Waals surface area contributed by atoms with Crippen molar-refractivity contribution in [3.8, 4) is 0 Å². The number of aliphatic hydroxyl groups excluding tert-OH is 1. The first kappa shape index (κ1) is 20.3. The maximum absolute atomic E-state index is 13.1. The van der Waals surface area contributed by atoms with Crippen molar-refractivity contribution < 1.29 is 24.2 Å². The standard InChI is InChI=1S/C21H29N3O5/c25-16-11-24(21(27)15-2-1-7-22-10-15)18-6-5-17(29-19(18)13-28-12-16)8-20(26)23-9-14-3-4-14/h1-2,7,10,14,16-19,25H,3-6,8-9,11-13H2,(H,23,26)/t16-,17+,18-,19+/m1/s1.